The standard InChI is InChI=1S/C28H30N6O6S/c1-28(2,3)40-34(21-35,20-27(36)37)25-9-6-8-23(31-25)19-32(41(38,39)26-10-4-5-15-29-26)18-22-11-13-24(14-12-22)33-17-7-16-30-33/h4-17,21H,18-20H2,1-3H3/p+1. The Morgan fingerprint density at radius 3 is 2.37 bits per heavy atom. The van der Waals surface area contributed by atoms with Crippen molar-refractivity contribution in [2.45, 2.75) is 44.5 Å². The number of rotatable bonds is 12. The van der Waals surface area contributed by atoms with Crippen LogP contribution in [-0.4, -0.2) is 62.1 Å². The van der Waals surface area contributed by atoms with E-state index in [0.717, 1.165) is 5.69 Å². The predicted molar refractivity (Wildman–Crippen MR) is 150 cm³/mol. The Morgan fingerprint density at radius 2 is 1.78 bits per heavy atom. The highest BCUT2D eigenvalue weighted by Gasteiger charge is 2.42. The molecule has 1 amide bonds. The van der Waals surface area contributed by atoms with E-state index >= 15 is 0 Å². The summed E-state index contributed by atoms with van der Waals surface area (Å²) >= 11 is 0. The number of nitrogens with zero attached hydrogens (tertiary/aromatic N) is 6. The smallest absolute Gasteiger partial charge is 0.363 e. The van der Waals surface area contributed by atoms with Gasteiger partial charge < -0.3 is 5.11 Å². The molecular formula is C28H31N6O6S+. The average molecular weight is 580 g/mol. The highest BCUT2D eigenvalue weighted by Crippen LogP contribution is 2.27. The van der Waals surface area contributed by atoms with Crippen LogP contribution in [0.2, 0.25) is 0 Å². The molecule has 1 atom stereocenters. The number of carboxylic acid groups (broad SMARTS) is 1. The summed E-state index contributed by atoms with van der Waals surface area (Å²) in [5.74, 6) is -1.26. The van der Waals surface area contributed by atoms with Gasteiger partial charge in [0, 0.05) is 31.2 Å². The van der Waals surface area contributed by atoms with E-state index in [1.54, 1.807) is 80.3 Å². The minimum absolute atomic E-state index is 0.00795. The summed E-state index contributed by atoms with van der Waals surface area (Å²) < 4.78 is 29.3. The zero-order chi connectivity index (χ0) is 29.7. The van der Waals surface area contributed by atoms with Gasteiger partial charge in [-0.25, -0.2) is 27.7 Å². The lowest BCUT2D eigenvalue weighted by molar-refractivity contribution is -0.212. The number of pyridine rings is 2. The van der Waals surface area contributed by atoms with Crippen molar-refractivity contribution in [3.05, 3.63) is 96.6 Å². The highest BCUT2D eigenvalue weighted by atomic mass is 32.2. The largest absolute Gasteiger partial charge is 0.477 e. The number of carboxylic acids is 1. The molecule has 0 aliphatic carbocycles. The van der Waals surface area contributed by atoms with Crippen molar-refractivity contribution in [2.24, 2.45) is 0 Å². The fraction of sp³-hybridized carbons (Fsp3) is 0.250. The van der Waals surface area contributed by atoms with Crippen LogP contribution in [0.5, 0.6) is 0 Å². The normalized spacial score (nSPS) is 13.6. The number of aromatic nitrogens is 4. The fourth-order valence-corrected chi connectivity index (χ4v) is 5.48. The first-order valence-electron chi connectivity index (χ1n) is 12.7. The Bertz CT molecular complexity index is 1590. The van der Waals surface area contributed by atoms with Crippen LogP contribution in [0.15, 0.2) is 90.3 Å². The number of sulfonamides is 1. The summed E-state index contributed by atoms with van der Waals surface area (Å²) in [4.78, 5) is 38.4. The van der Waals surface area contributed by atoms with E-state index in [0.29, 0.717) is 12.0 Å². The highest BCUT2D eigenvalue weighted by molar-refractivity contribution is 7.89. The number of carbonyl (C=O) groups is 2. The number of hydroxylamine groups is 2. The molecule has 0 spiro atoms. The molecule has 1 unspecified atom stereocenters. The molecular weight excluding hydrogens is 548 g/mol. The second-order valence-corrected chi connectivity index (χ2v) is 12.1. The molecule has 0 radical (unpaired) electrons. The fourth-order valence-electron chi connectivity index (χ4n) is 4.15. The molecule has 0 fully saturated rings. The summed E-state index contributed by atoms with van der Waals surface area (Å²) in [7, 11) is -4.09. The number of quaternary nitrogens is 1. The molecule has 13 heteroatoms. The van der Waals surface area contributed by atoms with E-state index in [9.17, 15) is 23.1 Å². The quantitative estimate of drug-likeness (QED) is 0.152. The van der Waals surface area contributed by atoms with Crippen LogP contribution in [0.3, 0.4) is 0 Å². The first-order valence-corrected chi connectivity index (χ1v) is 14.1. The number of benzene rings is 1. The third kappa shape index (κ3) is 7.27. The molecule has 1 N–H and O–H groups in total. The van der Waals surface area contributed by atoms with Gasteiger partial charge in [0.2, 0.25) is 6.54 Å². The van der Waals surface area contributed by atoms with Crippen molar-refractivity contribution in [3.63, 3.8) is 0 Å². The number of carbonyl (C=O) groups excluding carboxylic acids is 1. The number of aliphatic carboxylic acids is 1. The Kier molecular flexibility index (Phi) is 8.73. The van der Waals surface area contributed by atoms with Crippen LogP contribution >= 0.6 is 0 Å². The lowest BCUT2D eigenvalue weighted by Gasteiger charge is -2.32. The Hall–Kier alpha value is -4.30. The minimum atomic E-state index is -4.09. The zero-order valence-corrected chi connectivity index (χ0v) is 23.7. The summed E-state index contributed by atoms with van der Waals surface area (Å²) in [6.45, 7) is 4.16. The molecule has 0 aliphatic rings. The van der Waals surface area contributed by atoms with E-state index in [1.807, 2.05) is 12.1 Å². The third-order valence-electron chi connectivity index (χ3n) is 5.80. The second kappa shape index (κ2) is 12.1. The van der Waals surface area contributed by atoms with Crippen molar-refractivity contribution < 1.29 is 28.0 Å². The van der Waals surface area contributed by atoms with Gasteiger partial charge in [-0.05, 0) is 62.7 Å². The van der Waals surface area contributed by atoms with E-state index in [2.05, 4.69) is 15.1 Å². The van der Waals surface area contributed by atoms with E-state index in [4.69, 9.17) is 4.84 Å². The van der Waals surface area contributed by atoms with Gasteiger partial charge in [0.1, 0.15) is 5.60 Å². The Morgan fingerprint density at radius 1 is 1.02 bits per heavy atom. The number of hydrogen-bond acceptors (Lipinski definition) is 8. The van der Waals surface area contributed by atoms with Gasteiger partial charge in [-0.2, -0.15) is 19.2 Å². The maximum Gasteiger partial charge on any atom is 0.363 e. The number of amides is 1. The van der Waals surface area contributed by atoms with Gasteiger partial charge in [0.25, 0.3) is 15.8 Å². The van der Waals surface area contributed by atoms with Crippen LogP contribution in [0.25, 0.3) is 5.69 Å². The molecule has 0 saturated carbocycles. The monoisotopic (exact) mass is 579 g/mol. The minimum Gasteiger partial charge on any atom is -0.477 e. The van der Waals surface area contributed by atoms with Crippen LogP contribution in [-0.2, 0) is 37.5 Å². The first kappa shape index (κ1) is 29.7. The Labute approximate surface area is 238 Å². The topological polar surface area (TPSA) is 145 Å². The van der Waals surface area contributed by atoms with Gasteiger partial charge in [0.15, 0.2) is 5.03 Å². The molecule has 3 aromatic heterocycles. The van der Waals surface area contributed by atoms with E-state index in [-0.39, 0.29) is 29.6 Å². The summed E-state index contributed by atoms with van der Waals surface area (Å²) in [6.07, 6.45) is 5.23. The van der Waals surface area contributed by atoms with Gasteiger partial charge in [-0.1, -0.05) is 28.9 Å². The molecule has 3 heterocycles. The zero-order valence-electron chi connectivity index (χ0n) is 22.9. The number of hydrogen-bond donors (Lipinski definition) is 1. The van der Waals surface area contributed by atoms with Crippen LogP contribution in [0.1, 0.15) is 32.0 Å². The molecule has 1 aromatic carbocycles. The lowest BCUT2D eigenvalue weighted by Crippen LogP contribution is -2.55. The molecule has 41 heavy (non-hydrogen) atoms. The summed E-state index contributed by atoms with van der Waals surface area (Å²) in [5.41, 5.74) is 0.900. The van der Waals surface area contributed by atoms with Gasteiger partial charge >= 0.3 is 12.4 Å². The molecule has 0 aliphatic heterocycles. The lowest BCUT2D eigenvalue weighted by atomic mass is 10.2. The Balaban J connectivity index is 1.71. The summed E-state index contributed by atoms with van der Waals surface area (Å²) in [6, 6.07) is 18.3. The summed E-state index contributed by atoms with van der Waals surface area (Å²) in [5, 5.41) is 13.6. The van der Waals surface area contributed by atoms with E-state index in [1.165, 1.54) is 22.6 Å². The van der Waals surface area contributed by atoms with Gasteiger partial charge in [-0.15, -0.1) is 0 Å². The van der Waals surface area contributed by atoms with Crippen LogP contribution in [0.4, 0.5) is 5.82 Å². The molecule has 4 rings (SSSR count). The maximum absolute atomic E-state index is 13.7. The molecule has 4 aromatic rings. The SMILES string of the molecule is CC(C)(C)O[N+](C=O)(CC(=O)O)c1cccc(CN(Cc2ccc(-n3cccn3)cc2)S(=O)(=O)c2ccccn2)n1. The molecule has 0 bridgehead atoms. The van der Waals surface area contributed by atoms with Crippen LogP contribution in [0, 0.1) is 0 Å². The predicted octanol–water partition coefficient (Wildman–Crippen LogP) is 3.33. The average Bonchev–Trinajstić information content (AvgIpc) is 3.47. The molecule has 214 valence electrons. The molecule has 0 saturated heterocycles. The van der Waals surface area contributed by atoms with Gasteiger partial charge in [0.05, 0.1) is 17.9 Å². The van der Waals surface area contributed by atoms with Crippen molar-refractivity contribution in [1.29, 1.82) is 0 Å². The molecule has 12 nitrogen and oxygen atoms in total. The van der Waals surface area contributed by atoms with Crippen molar-refractivity contribution in [3.8, 4) is 5.69 Å². The third-order valence-corrected chi connectivity index (χ3v) is 7.51. The van der Waals surface area contributed by atoms with Crippen molar-refractivity contribution in [2.75, 3.05) is 6.54 Å². The first-order chi connectivity index (χ1) is 19.4. The van der Waals surface area contributed by atoms with Gasteiger partial charge in [-0.3, -0.25) is 0 Å². The second-order valence-electron chi connectivity index (χ2n) is 10.2. The maximum atomic E-state index is 13.7. The van der Waals surface area contributed by atoms with E-state index < -0.39 is 32.8 Å². The van der Waals surface area contributed by atoms with Crippen LogP contribution < -0.4 is 4.65 Å². The van der Waals surface area contributed by atoms with Crippen molar-refractivity contribution in [1.82, 2.24) is 28.7 Å². The van der Waals surface area contributed by atoms with Crippen molar-refractivity contribution >= 4 is 28.2 Å².